The Kier molecular flexibility index (Phi) is 4.46. The Morgan fingerprint density at radius 1 is 0.958 bits per heavy atom. The first-order chi connectivity index (χ1) is 11.7. The quantitative estimate of drug-likeness (QED) is 0.914. The van der Waals surface area contributed by atoms with Crippen LogP contribution < -0.4 is 25.0 Å². The second-order valence-corrected chi connectivity index (χ2v) is 5.47. The maximum Gasteiger partial charge on any atom is 0.161 e. The van der Waals surface area contributed by atoms with Gasteiger partial charge in [0, 0.05) is 6.42 Å². The van der Waals surface area contributed by atoms with Crippen LogP contribution in [0.15, 0.2) is 47.6 Å². The third-order valence-corrected chi connectivity index (χ3v) is 4.06. The lowest BCUT2D eigenvalue weighted by molar-refractivity contribution is 0.354. The Balaban J connectivity index is 1.94. The highest BCUT2D eigenvalue weighted by Gasteiger charge is 2.28. The third kappa shape index (κ3) is 2.95. The van der Waals surface area contributed by atoms with Crippen LogP contribution in [-0.4, -0.2) is 27.2 Å². The summed E-state index contributed by atoms with van der Waals surface area (Å²) in [6.45, 7) is 0. The van der Waals surface area contributed by atoms with Crippen molar-refractivity contribution in [2.75, 3.05) is 26.3 Å². The number of hydrogen-bond donors (Lipinski definition) is 1. The monoisotopic (exact) mass is 327 g/mol. The predicted molar refractivity (Wildman–Crippen MR) is 94.0 cm³/mol. The standard InChI is InChI=1S/C18H21N3O3/c1-22-14-7-5-13(6-8-14)21-15(11-18(19)20-21)12-4-9-16(23-2)17(10-12)24-3/h4-10,15H,11H2,1-3H3,(H2,19,20). The molecule has 2 N–H and O–H groups in total. The predicted octanol–water partition coefficient (Wildman–Crippen LogP) is 2.94. The number of nitrogens with zero attached hydrogens (tertiary/aromatic N) is 2. The van der Waals surface area contributed by atoms with E-state index in [4.69, 9.17) is 19.9 Å². The van der Waals surface area contributed by atoms with Gasteiger partial charge in [0.1, 0.15) is 11.6 Å². The summed E-state index contributed by atoms with van der Waals surface area (Å²) in [5.74, 6) is 2.79. The SMILES string of the molecule is COc1ccc(N2N=C(N)CC2c2ccc(OC)c(OC)c2)cc1. The highest BCUT2D eigenvalue weighted by molar-refractivity contribution is 5.85. The van der Waals surface area contributed by atoms with Crippen LogP contribution in [0.2, 0.25) is 0 Å². The zero-order valence-electron chi connectivity index (χ0n) is 14.0. The molecule has 1 atom stereocenters. The minimum Gasteiger partial charge on any atom is -0.497 e. The molecule has 1 heterocycles. The van der Waals surface area contributed by atoms with E-state index in [-0.39, 0.29) is 6.04 Å². The van der Waals surface area contributed by atoms with E-state index in [1.54, 1.807) is 21.3 Å². The molecule has 0 fully saturated rings. The van der Waals surface area contributed by atoms with Crippen LogP contribution in [0.4, 0.5) is 5.69 Å². The van der Waals surface area contributed by atoms with Crippen LogP contribution >= 0.6 is 0 Å². The minimum absolute atomic E-state index is 0.0122. The van der Waals surface area contributed by atoms with E-state index in [2.05, 4.69) is 5.10 Å². The first kappa shape index (κ1) is 16.0. The van der Waals surface area contributed by atoms with Crippen molar-refractivity contribution in [2.24, 2.45) is 10.8 Å². The van der Waals surface area contributed by atoms with Gasteiger partial charge in [-0.3, -0.25) is 5.01 Å². The third-order valence-electron chi connectivity index (χ3n) is 4.06. The zero-order valence-corrected chi connectivity index (χ0v) is 14.0. The van der Waals surface area contributed by atoms with Crippen LogP contribution in [0.3, 0.4) is 0 Å². The van der Waals surface area contributed by atoms with E-state index in [9.17, 15) is 0 Å². The van der Waals surface area contributed by atoms with E-state index in [1.807, 2.05) is 47.5 Å². The molecule has 0 bridgehead atoms. The van der Waals surface area contributed by atoms with Crippen molar-refractivity contribution in [1.82, 2.24) is 0 Å². The van der Waals surface area contributed by atoms with Crippen molar-refractivity contribution in [3.05, 3.63) is 48.0 Å². The molecule has 0 saturated carbocycles. The van der Waals surface area contributed by atoms with Gasteiger partial charge in [-0.25, -0.2) is 0 Å². The Labute approximate surface area is 141 Å². The molecular weight excluding hydrogens is 306 g/mol. The van der Waals surface area contributed by atoms with Gasteiger partial charge in [0.2, 0.25) is 0 Å². The summed E-state index contributed by atoms with van der Waals surface area (Å²) >= 11 is 0. The van der Waals surface area contributed by atoms with Crippen LogP contribution in [0.5, 0.6) is 17.2 Å². The van der Waals surface area contributed by atoms with Gasteiger partial charge in [0.05, 0.1) is 33.1 Å². The van der Waals surface area contributed by atoms with Gasteiger partial charge >= 0.3 is 0 Å². The van der Waals surface area contributed by atoms with Gasteiger partial charge in [0.25, 0.3) is 0 Å². The summed E-state index contributed by atoms with van der Waals surface area (Å²) in [5.41, 5.74) is 8.02. The van der Waals surface area contributed by atoms with E-state index >= 15 is 0 Å². The lowest BCUT2D eigenvalue weighted by Crippen LogP contribution is -2.18. The summed E-state index contributed by atoms with van der Waals surface area (Å²) in [7, 11) is 4.90. The summed E-state index contributed by atoms with van der Waals surface area (Å²) < 4.78 is 15.9. The second kappa shape index (κ2) is 6.70. The first-order valence-corrected chi connectivity index (χ1v) is 7.64. The number of hydrazone groups is 1. The maximum absolute atomic E-state index is 6.00. The number of ether oxygens (including phenoxy) is 3. The highest BCUT2D eigenvalue weighted by Crippen LogP contribution is 2.38. The largest absolute Gasteiger partial charge is 0.497 e. The number of methoxy groups -OCH3 is 3. The van der Waals surface area contributed by atoms with Crippen molar-refractivity contribution >= 4 is 11.5 Å². The van der Waals surface area contributed by atoms with Gasteiger partial charge in [-0.15, -0.1) is 0 Å². The average Bonchev–Trinajstić information content (AvgIpc) is 3.03. The number of anilines is 1. The average molecular weight is 327 g/mol. The number of hydrogen-bond acceptors (Lipinski definition) is 6. The summed E-state index contributed by atoms with van der Waals surface area (Å²) in [6.07, 6.45) is 0.654. The molecule has 0 aliphatic carbocycles. The molecule has 2 aromatic carbocycles. The van der Waals surface area contributed by atoms with Gasteiger partial charge in [-0.1, -0.05) is 6.07 Å². The molecule has 0 spiro atoms. The fourth-order valence-electron chi connectivity index (χ4n) is 2.83. The molecule has 0 radical (unpaired) electrons. The molecule has 1 unspecified atom stereocenters. The lowest BCUT2D eigenvalue weighted by atomic mass is 10.0. The molecule has 6 heteroatoms. The Bertz CT molecular complexity index is 744. The van der Waals surface area contributed by atoms with Crippen molar-refractivity contribution < 1.29 is 14.2 Å². The minimum atomic E-state index is 0.0122. The van der Waals surface area contributed by atoms with Gasteiger partial charge in [-0.2, -0.15) is 5.10 Å². The van der Waals surface area contributed by atoms with Crippen LogP contribution in [0.1, 0.15) is 18.0 Å². The van der Waals surface area contributed by atoms with E-state index in [1.165, 1.54) is 0 Å². The molecule has 24 heavy (non-hydrogen) atoms. The van der Waals surface area contributed by atoms with Crippen LogP contribution in [-0.2, 0) is 0 Å². The summed E-state index contributed by atoms with van der Waals surface area (Å²) in [5, 5.41) is 6.41. The number of benzene rings is 2. The molecule has 3 rings (SSSR count). The molecule has 6 nitrogen and oxygen atoms in total. The van der Waals surface area contributed by atoms with E-state index < -0.39 is 0 Å². The molecular formula is C18H21N3O3. The molecule has 0 aromatic heterocycles. The highest BCUT2D eigenvalue weighted by atomic mass is 16.5. The topological polar surface area (TPSA) is 69.3 Å². The van der Waals surface area contributed by atoms with Gasteiger partial charge in [0.15, 0.2) is 11.5 Å². The van der Waals surface area contributed by atoms with E-state index in [0.29, 0.717) is 23.8 Å². The molecule has 0 amide bonds. The fraction of sp³-hybridized carbons (Fsp3) is 0.278. The smallest absolute Gasteiger partial charge is 0.161 e. The van der Waals surface area contributed by atoms with Crippen molar-refractivity contribution in [3.63, 3.8) is 0 Å². The fourth-order valence-corrected chi connectivity index (χ4v) is 2.83. The summed E-state index contributed by atoms with van der Waals surface area (Å²) in [4.78, 5) is 0. The van der Waals surface area contributed by atoms with Gasteiger partial charge < -0.3 is 19.9 Å². The molecule has 126 valence electrons. The Morgan fingerprint density at radius 3 is 2.29 bits per heavy atom. The molecule has 2 aromatic rings. The maximum atomic E-state index is 6.00. The summed E-state index contributed by atoms with van der Waals surface area (Å²) in [6, 6.07) is 13.6. The Morgan fingerprint density at radius 2 is 1.67 bits per heavy atom. The zero-order chi connectivity index (χ0) is 17.1. The molecule has 1 aliphatic heterocycles. The van der Waals surface area contributed by atoms with Crippen molar-refractivity contribution in [3.8, 4) is 17.2 Å². The normalized spacial score (nSPS) is 16.7. The van der Waals surface area contributed by atoms with E-state index in [0.717, 1.165) is 17.0 Å². The second-order valence-electron chi connectivity index (χ2n) is 5.47. The van der Waals surface area contributed by atoms with Crippen LogP contribution in [0, 0.1) is 0 Å². The molecule has 0 saturated heterocycles. The first-order valence-electron chi connectivity index (χ1n) is 7.64. The van der Waals surface area contributed by atoms with Crippen molar-refractivity contribution in [1.29, 1.82) is 0 Å². The number of rotatable bonds is 5. The van der Waals surface area contributed by atoms with Gasteiger partial charge in [-0.05, 0) is 42.0 Å². The Hall–Kier alpha value is -2.89. The molecule has 1 aliphatic rings. The van der Waals surface area contributed by atoms with Crippen molar-refractivity contribution in [2.45, 2.75) is 12.5 Å². The lowest BCUT2D eigenvalue weighted by Gasteiger charge is -2.24. The van der Waals surface area contributed by atoms with Crippen LogP contribution in [0.25, 0.3) is 0 Å². The number of amidine groups is 1. The number of nitrogens with two attached hydrogens (primary N) is 1.